The summed E-state index contributed by atoms with van der Waals surface area (Å²) in [5, 5.41) is 3.21. The van der Waals surface area contributed by atoms with E-state index in [0.717, 1.165) is 40.9 Å². The van der Waals surface area contributed by atoms with Crippen molar-refractivity contribution in [3.63, 3.8) is 0 Å². The van der Waals surface area contributed by atoms with Gasteiger partial charge in [0.1, 0.15) is 6.54 Å². The number of quaternary nitrogens is 1. The van der Waals surface area contributed by atoms with Gasteiger partial charge in [0.2, 0.25) is 0 Å². The Labute approximate surface area is 157 Å². The van der Waals surface area contributed by atoms with Gasteiger partial charge in [-0.3, -0.25) is 4.79 Å². The van der Waals surface area contributed by atoms with Crippen molar-refractivity contribution in [3.05, 3.63) is 64.7 Å². The van der Waals surface area contributed by atoms with E-state index in [1.165, 1.54) is 30.4 Å². The molecule has 0 unspecified atom stereocenters. The fourth-order valence-electron chi connectivity index (χ4n) is 4.39. The van der Waals surface area contributed by atoms with E-state index in [0.29, 0.717) is 6.54 Å². The molecule has 2 aromatic rings. The van der Waals surface area contributed by atoms with Gasteiger partial charge in [0.05, 0.1) is 13.1 Å². The number of amides is 1. The number of benzene rings is 2. The number of piperidine rings is 1. The highest BCUT2D eigenvalue weighted by Gasteiger charge is 2.33. The van der Waals surface area contributed by atoms with E-state index < -0.39 is 0 Å². The third kappa shape index (κ3) is 4.53. The molecular formula is C23H31N2O+. The number of rotatable bonds is 5. The van der Waals surface area contributed by atoms with E-state index in [9.17, 15) is 4.79 Å². The van der Waals surface area contributed by atoms with Gasteiger partial charge in [-0.15, -0.1) is 0 Å². The number of likely N-dealkylation sites (tertiary alicyclic amines) is 1. The van der Waals surface area contributed by atoms with Gasteiger partial charge >= 0.3 is 0 Å². The first kappa shape index (κ1) is 18.7. The minimum absolute atomic E-state index is 0.137. The molecule has 3 heteroatoms. The Bertz CT molecular complexity index is 738. The van der Waals surface area contributed by atoms with Gasteiger partial charge in [0.15, 0.2) is 6.54 Å². The molecule has 1 saturated heterocycles. The predicted octanol–water partition coefficient (Wildman–Crippen LogP) is 4.75. The Hall–Kier alpha value is -2.13. The van der Waals surface area contributed by atoms with Crippen molar-refractivity contribution in [1.82, 2.24) is 0 Å². The molecule has 3 rings (SSSR count). The van der Waals surface area contributed by atoms with Crippen LogP contribution in [0.1, 0.15) is 41.5 Å². The molecule has 1 N–H and O–H groups in total. The zero-order valence-electron chi connectivity index (χ0n) is 16.3. The maximum absolute atomic E-state index is 12.9. The minimum atomic E-state index is 0.137. The summed E-state index contributed by atoms with van der Waals surface area (Å²) >= 11 is 0. The van der Waals surface area contributed by atoms with Gasteiger partial charge in [-0.2, -0.15) is 0 Å². The topological polar surface area (TPSA) is 29.1 Å². The first-order chi connectivity index (χ1) is 12.5. The molecule has 1 aliphatic heterocycles. The summed E-state index contributed by atoms with van der Waals surface area (Å²) in [4.78, 5) is 12.9. The number of carbonyl (C=O) groups is 1. The fraction of sp³-hybridized carbons (Fsp3) is 0.435. The van der Waals surface area contributed by atoms with Crippen LogP contribution >= 0.6 is 0 Å². The summed E-state index contributed by atoms with van der Waals surface area (Å²) in [6.45, 7) is 9.93. The highest BCUT2D eigenvalue weighted by atomic mass is 16.2. The summed E-state index contributed by atoms with van der Waals surface area (Å²) in [5.74, 6) is 0.137. The summed E-state index contributed by atoms with van der Waals surface area (Å²) in [6.07, 6.45) is 3.71. The molecule has 0 bridgehead atoms. The number of hydrogen-bond acceptors (Lipinski definition) is 1. The number of nitrogens with zero attached hydrogens (tertiary/aromatic N) is 1. The number of nitrogens with one attached hydrogen (secondary N) is 1. The Morgan fingerprint density at radius 2 is 1.58 bits per heavy atom. The van der Waals surface area contributed by atoms with E-state index in [-0.39, 0.29) is 5.91 Å². The van der Waals surface area contributed by atoms with Crippen molar-refractivity contribution in [2.75, 3.05) is 25.0 Å². The second-order valence-electron chi connectivity index (χ2n) is 7.97. The van der Waals surface area contributed by atoms with Gasteiger partial charge in [-0.25, -0.2) is 0 Å². The zero-order chi connectivity index (χ0) is 18.6. The van der Waals surface area contributed by atoms with E-state index >= 15 is 0 Å². The largest absolute Gasteiger partial charge is 0.321 e. The second kappa shape index (κ2) is 8.05. The van der Waals surface area contributed by atoms with Crippen LogP contribution in [0.25, 0.3) is 0 Å². The number of aryl methyl sites for hydroxylation is 3. The molecule has 1 amide bonds. The third-order valence-electron chi connectivity index (χ3n) is 5.55. The number of hydrogen-bond donors (Lipinski definition) is 1. The molecule has 1 fully saturated rings. The van der Waals surface area contributed by atoms with E-state index in [1.807, 2.05) is 0 Å². The van der Waals surface area contributed by atoms with E-state index in [2.05, 4.69) is 68.6 Å². The van der Waals surface area contributed by atoms with Crippen LogP contribution in [0.15, 0.2) is 42.5 Å². The van der Waals surface area contributed by atoms with Crippen molar-refractivity contribution in [2.24, 2.45) is 0 Å². The number of carbonyl (C=O) groups excluding carboxylic acids is 1. The lowest BCUT2D eigenvalue weighted by molar-refractivity contribution is -0.937. The van der Waals surface area contributed by atoms with E-state index in [4.69, 9.17) is 0 Å². The Kier molecular flexibility index (Phi) is 5.77. The molecule has 0 radical (unpaired) electrons. The maximum Gasteiger partial charge on any atom is 0.279 e. The van der Waals surface area contributed by atoms with Crippen molar-refractivity contribution >= 4 is 11.6 Å². The molecule has 0 aromatic heterocycles. The molecule has 138 valence electrons. The van der Waals surface area contributed by atoms with Crippen LogP contribution in [0.2, 0.25) is 0 Å². The fourth-order valence-corrected chi connectivity index (χ4v) is 4.39. The summed E-state index contributed by atoms with van der Waals surface area (Å²) < 4.78 is 0.875. The lowest BCUT2D eigenvalue weighted by Gasteiger charge is -2.41. The van der Waals surface area contributed by atoms with Crippen molar-refractivity contribution in [3.8, 4) is 0 Å². The van der Waals surface area contributed by atoms with Crippen LogP contribution in [0, 0.1) is 20.8 Å². The molecule has 0 spiro atoms. The highest BCUT2D eigenvalue weighted by Crippen LogP contribution is 2.25. The lowest BCUT2D eigenvalue weighted by atomic mass is 10.0. The van der Waals surface area contributed by atoms with Crippen LogP contribution in [0.4, 0.5) is 5.69 Å². The van der Waals surface area contributed by atoms with Gasteiger partial charge in [0.25, 0.3) is 5.91 Å². The first-order valence-electron chi connectivity index (χ1n) is 9.74. The van der Waals surface area contributed by atoms with Crippen LogP contribution in [-0.4, -0.2) is 30.0 Å². The van der Waals surface area contributed by atoms with Crippen molar-refractivity contribution in [1.29, 1.82) is 0 Å². The van der Waals surface area contributed by atoms with Crippen LogP contribution in [-0.2, 0) is 11.3 Å². The molecule has 3 nitrogen and oxygen atoms in total. The molecule has 0 atom stereocenters. The first-order valence-corrected chi connectivity index (χ1v) is 9.74. The minimum Gasteiger partial charge on any atom is -0.321 e. The molecular weight excluding hydrogens is 320 g/mol. The molecule has 0 aliphatic carbocycles. The quantitative estimate of drug-likeness (QED) is 0.774. The van der Waals surface area contributed by atoms with Gasteiger partial charge in [0, 0.05) is 11.3 Å². The smallest absolute Gasteiger partial charge is 0.279 e. The Morgan fingerprint density at radius 1 is 0.962 bits per heavy atom. The molecule has 2 aromatic carbocycles. The van der Waals surface area contributed by atoms with Crippen LogP contribution in [0.5, 0.6) is 0 Å². The lowest BCUT2D eigenvalue weighted by Crippen LogP contribution is -2.54. The average molecular weight is 352 g/mol. The van der Waals surface area contributed by atoms with Crippen LogP contribution in [0.3, 0.4) is 0 Å². The van der Waals surface area contributed by atoms with Crippen molar-refractivity contribution < 1.29 is 9.28 Å². The standard InChI is InChI=1S/C23H30N2O/c1-18-14-19(2)23(20(3)15-18)24-22(26)17-25(12-8-5-9-13-25)16-21-10-6-4-7-11-21/h4,6-7,10-11,14-15H,5,8-9,12-13,16-17H2,1-3H3/p+1. The SMILES string of the molecule is Cc1cc(C)c(NC(=O)C[N+]2(Cc3ccccc3)CCCCC2)c(C)c1. The maximum atomic E-state index is 12.9. The molecule has 1 heterocycles. The zero-order valence-corrected chi connectivity index (χ0v) is 16.3. The third-order valence-corrected chi connectivity index (χ3v) is 5.55. The average Bonchev–Trinajstić information content (AvgIpc) is 2.59. The van der Waals surface area contributed by atoms with Crippen LogP contribution < -0.4 is 5.32 Å². The molecule has 0 saturated carbocycles. The normalized spacial score (nSPS) is 16.3. The Balaban J connectivity index is 1.76. The summed E-state index contributed by atoms with van der Waals surface area (Å²) in [6, 6.07) is 14.9. The monoisotopic (exact) mass is 351 g/mol. The van der Waals surface area contributed by atoms with Crippen molar-refractivity contribution in [2.45, 2.75) is 46.6 Å². The molecule has 26 heavy (non-hydrogen) atoms. The summed E-state index contributed by atoms with van der Waals surface area (Å²) in [7, 11) is 0. The summed E-state index contributed by atoms with van der Waals surface area (Å²) in [5.41, 5.74) is 5.83. The highest BCUT2D eigenvalue weighted by molar-refractivity contribution is 5.93. The second-order valence-corrected chi connectivity index (χ2v) is 7.97. The van der Waals surface area contributed by atoms with Gasteiger partial charge < -0.3 is 9.80 Å². The van der Waals surface area contributed by atoms with E-state index in [1.54, 1.807) is 0 Å². The number of anilines is 1. The predicted molar refractivity (Wildman–Crippen MR) is 108 cm³/mol. The van der Waals surface area contributed by atoms with Gasteiger partial charge in [-0.1, -0.05) is 48.0 Å². The van der Waals surface area contributed by atoms with Gasteiger partial charge in [-0.05, 0) is 51.2 Å². The molecule has 1 aliphatic rings. The Morgan fingerprint density at radius 3 is 2.19 bits per heavy atom.